The summed E-state index contributed by atoms with van der Waals surface area (Å²) in [6, 6.07) is 6.08. The summed E-state index contributed by atoms with van der Waals surface area (Å²) in [5, 5.41) is 21.6. The van der Waals surface area contributed by atoms with Crippen LogP contribution in [-0.4, -0.2) is 15.6 Å². The van der Waals surface area contributed by atoms with Gasteiger partial charge in [0.25, 0.3) is 5.69 Å². The number of nitrogens with zero attached hydrogens (tertiary/aromatic N) is 3. The molecular formula is C13H11N4O6+. The van der Waals surface area contributed by atoms with Crippen molar-refractivity contribution in [2.45, 2.75) is 6.92 Å². The summed E-state index contributed by atoms with van der Waals surface area (Å²) in [7, 11) is 0. The van der Waals surface area contributed by atoms with E-state index in [-0.39, 0.29) is 11.5 Å². The molecule has 0 aliphatic carbocycles. The minimum absolute atomic E-state index is 0.107. The second-order valence-electron chi connectivity index (χ2n) is 4.41. The summed E-state index contributed by atoms with van der Waals surface area (Å²) in [5.41, 5.74) is 1.93. The van der Waals surface area contributed by atoms with Gasteiger partial charge in [0.15, 0.2) is 5.78 Å². The van der Waals surface area contributed by atoms with E-state index in [9.17, 15) is 25.0 Å². The van der Waals surface area contributed by atoms with Crippen LogP contribution >= 0.6 is 0 Å². The normalized spacial score (nSPS) is 9.96. The molecule has 0 bridgehead atoms. The third kappa shape index (κ3) is 3.75. The number of hydrogen-bond acceptors (Lipinski definition) is 7. The van der Waals surface area contributed by atoms with Crippen molar-refractivity contribution in [2.75, 3.05) is 5.59 Å². The molecule has 0 saturated carbocycles. The molecule has 1 N–H and O–H groups in total. The zero-order valence-electron chi connectivity index (χ0n) is 11.8. The van der Waals surface area contributed by atoms with Crippen LogP contribution in [0, 0.1) is 20.2 Å². The van der Waals surface area contributed by atoms with Crippen molar-refractivity contribution in [3.05, 3.63) is 68.5 Å². The molecule has 0 aliphatic heterocycles. The number of aromatic nitrogens is 1. The molecule has 23 heavy (non-hydrogen) atoms. The maximum atomic E-state index is 11.2. The lowest BCUT2D eigenvalue weighted by atomic mass is 10.2. The van der Waals surface area contributed by atoms with Crippen molar-refractivity contribution in [3.8, 4) is 5.75 Å². The molecule has 0 saturated heterocycles. The maximum Gasteiger partial charge on any atom is 0.321 e. The van der Waals surface area contributed by atoms with Crippen LogP contribution in [0.15, 0.2) is 42.7 Å². The fraction of sp³-hybridized carbons (Fsp3) is 0.0769. The Morgan fingerprint density at radius 2 is 1.78 bits per heavy atom. The van der Waals surface area contributed by atoms with Crippen LogP contribution in [0.5, 0.6) is 5.75 Å². The van der Waals surface area contributed by atoms with Crippen molar-refractivity contribution in [1.29, 1.82) is 0 Å². The van der Waals surface area contributed by atoms with E-state index in [1.165, 1.54) is 36.1 Å². The Morgan fingerprint density at radius 3 is 2.30 bits per heavy atom. The first kappa shape index (κ1) is 15.8. The number of nitrogens with one attached hydrogen (secondary N) is 1. The van der Waals surface area contributed by atoms with E-state index < -0.39 is 21.2 Å². The van der Waals surface area contributed by atoms with Crippen molar-refractivity contribution >= 4 is 17.2 Å². The third-order valence-corrected chi connectivity index (χ3v) is 2.85. The summed E-state index contributed by atoms with van der Waals surface area (Å²) in [4.78, 5) is 36.3. The number of carbonyl (C=O) groups excluding carboxylic acids is 1. The predicted molar refractivity (Wildman–Crippen MR) is 76.4 cm³/mol. The molecule has 0 unspecified atom stereocenters. The fourth-order valence-corrected chi connectivity index (χ4v) is 1.67. The molecule has 1 heterocycles. The van der Waals surface area contributed by atoms with E-state index in [2.05, 4.69) is 5.59 Å². The van der Waals surface area contributed by atoms with Gasteiger partial charge in [-0.05, 0) is 18.6 Å². The molecular weight excluding hydrogens is 308 g/mol. The monoisotopic (exact) mass is 319 g/mol. The number of benzene rings is 1. The number of carbonyl (C=O) groups is 1. The highest BCUT2D eigenvalue weighted by atomic mass is 16.7. The van der Waals surface area contributed by atoms with Crippen LogP contribution in [0.1, 0.15) is 17.3 Å². The van der Waals surface area contributed by atoms with E-state index in [0.29, 0.717) is 5.56 Å². The molecule has 0 fully saturated rings. The molecule has 0 radical (unpaired) electrons. The lowest BCUT2D eigenvalue weighted by molar-refractivity contribution is -0.674. The molecule has 1 aromatic carbocycles. The molecule has 0 spiro atoms. The van der Waals surface area contributed by atoms with E-state index in [4.69, 9.17) is 4.84 Å². The standard InChI is InChI=1S/C13H10N4O6/c1-9(18)10-4-6-15(7-5-10)14-23-13-3-2-11(16(19)20)8-12(13)17(21)22/h2-8H,1H3/p+1. The number of non-ortho nitro benzene ring substituents is 1. The van der Waals surface area contributed by atoms with Gasteiger partial charge in [-0.1, -0.05) is 4.68 Å². The maximum absolute atomic E-state index is 11.2. The first-order valence-electron chi connectivity index (χ1n) is 6.26. The Bertz CT molecular complexity index is 775. The van der Waals surface area contributed by atoms with E-state index in [1.54, 1.807) is 0 Å². The number of rotatable bonds is 6. The highest BCUT2D eigenvalue weighted by Gasteiger charge is 2.21. The highest BCUT2D eigenvalue weighted by molar-refractivity contribution is 5.93. The number of Topliss-reactive ketones (excluding diaryl/α,β-unsaturated/α-hetero) is 1. The van der Waals surface area contributed by atoms with Gasteiger partial charge in [0, 0.05) is 23.8 Å². The van der Waals surface area contributed by atoms with Crippen LogP contribution in [0.4, 0.5) is 11.4 Å². The third-order valence-electron chi connectivity index (χ3n) is 2.85. The van der Waals surface area contributed by atoms with Crippen LogP contribution in [0.25, 0.3) is 0 Å². The van der Waals surface area contributed by atoms with Crippen LogP contribution in [0.2, 0.25) is 0 Å². The number of nitro benzene ring substituents is 2. The smallest absolute Gasteiger partial charge is 0.321 e. The molecule has 10 nitrogen and oxygen atoms in total. The highest BCUT2D eigenvalue weighted by Crippen LogP contribution is 2.30. The summed E-state index contributed by atoms with van der Waals surface area (Å²) < 4.78 is 1.32. The van der Waals surface area contributed by atoms with E-state index in [1.807, 2.05) is 0 Å². The summed E-state index contributed by atoms with van der Waals surface area (Å²) >= 11 is 0. The largest absolute Gasteiger partial charge is 0.327 e. The van der Waals surface area contributed by atoms with Crippen molar-refractivity contribution < 1.29 is 24.2 Å². The van der Waals surface area contributed by atoms with Gasteiger partial charge in [0.05, 0.1) is 15.9 Å². The predicted octanol–water partition coefficient (Wildman–Crippen LogP) is 1.53. The van der Waals surface area contributed by atoms with Crippen molar-refractivity contribution in [2.24, 2.45) is 0 Å². The van der Waals surface area contributed by atoms with E-state index >= 15 is 0 Å². The van der Waals surface area contributed by atoms with Gasteiger partial charge >= 0.3 is 5.69 Å². The molecule has 2 rings (SSSR count). The van der Waals surface area contributed by atoms with Crippen molar-refractivity contribution in [3.63, 3.8) is 0 Å². The minimum atomic E-state index is -0.784. The zero-order chi connectivity index (χ0) is 17.0. The average molecular weight is 319 g/mol. The van der Waals surface area contributed by atoms with Crippen LogP contribution < -0.4 is 15.1 Å². The molecule has 0 aliphatic rings. The molecule has 10 heteroatoms. The fourth-order valence-electron chi connectivity index (χ4n) is 1.67. The van der Waals surface area contributed by atoms with Gasteiger partial charge in [-0.25, -0.2) is 0 Å². The first-order chi connectivity index (χ1) is 10.9. The summed E-state index contributed by atoms with van der Waals surface area (Å²) in [5.74, 6) is -0.298. The average Bonchev–Trinajstić information content (AvgIpc) is 2.52. The Balaban J connectivity index is 2.18. The number of nitro groups is 2. The summed E-state index contributed by atoms with van der Waals surface area (Å²) in [6.45, 7) is 1.42. The molecule has 1 aromatic heterocycles. The Morgan fingerprint density at radius 1 is 1.13 bits per heavy atom. The number of pyridine rings is 1. The molecule has 0 amide bonds. The topological polar surface area (TPSA) is 128 Å². The van der Waals surface area contributed by atoms with E-state index in [0.717, 1.165) is 18.2 Å². The van der Waals surface area contributed by atoms with Gasteiger partial charge in [-0.2, -0.15) is 0 Å². The second-order valence-corrected chi connectivity index (χ2v) is 4.41. The quantitative estimate of drug-likeness (QED) is 0.370. The van der Waals surface area contributed by atoms with Crippen molar-refractivity contribution in [1.82, 2.24) is 0 Å². The number of ketones is 1. The lowest BCUT2D eigenvalue weighted by Crippen LogP contribution is -2.46. The Kier molecular flexibility index (Phi) is 4.45. The first-order valence-corrected chi connectivity index (χ1v) is 6.26. The molecule has 118 valence electrons. The minimum Gasteiger partial charge on any atom is -0.327 e. The lowest BCUT2D eigenvalue weighted by Gasteiger charge is -2.04. The van der Waals surface area contributed by atoms with Crippen LogP contribution in [0.3, 0.4) is 0 Å². The Hall–Kier alpha value is -3.56. The molecule has 0 atom stereocenters. The number of hydrogen-bond donors (Lipinski definition) is 1. The SMILES string of the molecule is CC(=O)c1cc[n+](NOc2ccc([N+](=O)[O-])cc2[N+](=O)[O-])cc1. The zero-order valence-corrected chi connectivity index (χ0v) is 11.8. The van der Waals surface area contributed by atoms with Gasteiger partial charge in [-0.3, -0.25) is 25.0 Å². The van der Waals surface area contributed by atoms with Gasteiger partial charge in [0.1, 0.15) is 0 Å². The summed E-state index contributed by atoms with van der Waals surface area (Å²) in [6.07, 6.45) is 2.96. The van der Waals surface area contributed by atoms with Gasteiger partial charge in [-0.15, -0.1) is 0 Å². The second kappa shape index (κ2) is 6.47. The Labute approximate surface area is 129 Å². The van der Waals surface area contributed by atoms with Gasteiger partial charge in [0.2, 0.25) is 18.1 Å². The van der Waals surface area contributed by atoms with Crippen LogP contribution in [-0.2, 0) is 0 Å². The molecule has 2 aromatic rings. The van der Waals surface area contributed by atoms with Gasteiger partial charge < -0.3 is 4.84 Å².